The van der Waals surface area contributed by atoms with Gasteiger partial charge in [0.1, 0.15) is 7.63 Å². The van der Waals surface area contributed by atoms with Crippen molar-refractivity contribution in [2.75, 3.05) is 18.0 Å². The first-order valence-corrected chi connectivity index (χ1v) is 15.9. The van der Waals surface area contributed by atoms with Crippen LogP contribution in [0.15, 0.2) is 121 Å². The van der Waals surface area contributed by atoms with Crippen LogP contribution in [0, 0.1) is 0 Å². The minimum atomic E-state index is -0.814. The second kappa shape index (κ2) is 12.4. The van der Waals surface area contributed by atoms with Crippen LogP contribution in [0.1, 0.15) is 53.0 Å². The Morgan fingerprint density at radius 3 is 2.15 bits per heavy atom. The molecule has 0 unspecified atom stereocenters. The van der Waals surface area contributed by atoms with Gasteiger partial charge in [-0.15, -0.1) is 0 Å². The van der Waals surface area contributed by atoms with Gasteiger partial charge in [0.25, 0.3) is 0 Å². The summed E-state index contributed by atoms with van der Waals surface area (Å²) in [5.41, 5.74) is 6.17. The van der Waals surface area contributed by atoms with Crippen molar-refractivity contribution < 1.29 is 20.6 Å². The van der Waals surface area contributed by atoms with Gasteiger partial charge in [0.15, 0.2) is 12.3 Å². The number of rotatable bonds is 10. The molecule has 4 aromatic rings. The summed E-state index contributed by atoms with van der Waals surface area (Å²) >= 11 is 0. The molecular weight excluding hydrogens is 568 g/mol. The molecule has 1 N–H and O–H groups in total. The Morgan fingerprint density at radius 1 is 0.826 bits per heavy atom. The van der Waals surface area contributed by atoms with Gasteiger partial charge in [0.2, 0.25) is 5.69 Å². The van der Waals surface area contributed by atoms with Crippen molar-refractivity contribution in [1.82, 2.24) is 0 Å². The van der Waals surface area contributed by atoms with Crippen LogP contribution in [0.4, 0.5) is 11.4 Å². The molecule has 2 aliphatic heterocycles. The van der Waals surface area contributed by atoms with Crippen LogP contribution in [-0.4, -0.2) is 40.7 Å². The fraction of sp³-hybridized carbons (Fsp3) is 0.244. The monoisotopic (exact) mass is 610 g/mol. The van der Waals surface area contributed by atoms with Gasteiger partial charge in [-0.1, -0.05) is 98.8 Å². The SMILES string of the molecule is [2H]C(=O)CC[N+]1=C(C=CC=CC=CC=C2N(CCC(=O)O)c3ccc4ccccc4c3C2(C)C)C(C)(C)c2c1ccc1ccccc21. The predicted octanol–water partition coefficient (Wildman–Crippen LogP) is 8.78. The van der Waals surface area contributed by atoms with Crippen LogP contribution < -0.4 is 4.90 Å². The number of benzene rings is 4. The van der Waals surface area contributed by atoms with E-state index in [0.717, 1.165) is 22.8 Å². The largest absolute Gasteiger partial charge is 0.481 e. The lowest BCUT2D eigenvalue weighted by molar-refractivity contribution is -0.435. The van der Waals surface area contributed by atoms with Crippen LogP contribution in [0.25, 0.3) is 21.5 Å². The Bertz CT molecular complexity index is 2060. The zero-order chi connectivity index (χ0) is 33.3. The highest BCUT2D eigenvalue weighted by molar-refractivity contribution is 6.07. The van der Waals surface area contributed by atoms with Gasteiger partial charge >= 0.3 is 5.97 Å². The lowest BCUT2D eigenvalue weighted by Gasteiger charge is -2.26. The summed E-state index contributed by atoms with van der Waals surface area (Å²) in [7, 11) is 0. The average molecular weight is 611 g/mol. The van der Waals surface area contributed by atoms with Gasteiger partial charge < -0.3 is 14.8 Å². The van der Waals surface area contributed by atoms with Crippen molar-refractivity contribution in [3.05, 3.63) is 132 Å². The molecule has 5 nitrogen and oxygen atoms in total. The summed E-state index contributed by atoms with van der Waals surface area (Å²) in [4.78, 5) is 25.4. The Labute approximate surface area is 272 Å². The summed E-state index contributed by atoms with van der Waals surface area (Å²) in [5.74, 6) is -0.814. The van der Waals surface area contributed by atoms with E-state index >= 15 is 0 Å². The highest BCUT2D eigenvalue weighted by atomic mass is 16.4. The van der Waals surface area contributed by atoms with Crippen molar-refractivity contribution >= 4 is 50.9 Å². The summed E-state index contributed by atoms with van der Waals surface area (Å²) in [5, 5.41) is 14.2. The number of carboxylic acids is 1. The van der Waals surface area contributed by atoms with Crippen molar-refractivity contribution in [2.45, 2.75) is 51.4 Å². The number of fused-ring (bicyclic) bond motifs is 6. The summed E-state index contributed by atoms with van der Waals surface area (Å²) in [6.07, 6.45) is 13.9. The Morgan fingerprint density at radius 2 is 1.46 bits per heavy atom. The molecular formula is C41H41N2O3+. The van der Waals surface area contributed by atoms with Gasteiger partial charge in [-0.3, -0.25) is 4.79 Å². The van der Waals surface area contributed by atoms with Crippen LogP contribution in [0.5, 0.6) is 0 Å². The Hall–Kier alpha value is -5.03. The molecule has 0 fully saturated rings. The normalized spacial score (nSPS) is 18.0. The maximum atomic E-state index is 11.7. The number of hydrogen-bond donors (Lipinski definition) is 1. The number of nitrogens with zero attached hydrogens (tertiary/aromatic N) is 2. The first kappa shape index (κ1) is 29.7. The summed E-state index contributed by atoms with van der Waals surface area (Å²) < 4.78 is 9.71. The van der Waals surface area contributed by atoms with Crippen LogP contribution >= 0.6 is 0 Å². The molecule has 0 saturated carbocycles. The molecule has 0 atom stereocenters. The molecule has 0 saturated heterocycles. The fourth-order valence-corrected chi connectivity index (χ4v) is 7.40. The number of aldehydes is 1. The quantitative estimate of drug-likeness (QED) is 0.111. The Kier molecular flexibility index (Phi) is 8.00. The van der Waals surface area contributed by atoms with Gasteiger partial charge in [-0.25, -0.2) is 0 Å². The molecule has 0 bridgehead atoms. The molecule has 0 radical (unpaired) electrons. The smallest absolute Gasteiger partial charge is 0.305 e. The lowest BCUT2D eigenvalue weighted by atomic mass is 9.79. The van der Waals surface area contributed by atoms with Crippen LogP contribution in [-0.2, 0) is 20.4 Å². The molecule has 232 valence electrons. The third-order valence-electron chi connectivity index (χ3n) is 9.45. The van der Waals surface area contributed by atoms with E-state index < -0.39 is 12.2 Å². The van der Waals surface area contributed by atoms with E-state index in [4.69, 9.17) is 1.37 Å². The minimum absolute atomic E-state index is 0.0515. The number of allylic oxidation sites excluding steroid dienone is 8. The second-order valence-corrected chi connectivity index (χ2v) is 13.0. The molecule has 6 rings (SSSR count). The van der Waals surface area contributed by atoms with E-state index in [0.29, 0.717) is 13.1 Å². The van der Waals surface area contributed by atoms with E-state index in [1.54, 1.807) is 0 Å². The maximum absolute atomic E-state index is 11.7. The second-order valence-electron chi connectivity index (χ2n) is 13.0. The predicted molar refractivity (Wildman–Crippen MR) is 190 cm³/mol. The molecule has 0 aliphatic carbocycles. The topological polar surface area (TPSA) is 60.6 Å². The van der Waals surface area contributed by atoms with E-state index in [1.807, 2.05) is 42.5 Å². The van der Waals surface area contributed by atoms with Crippen molar-refractivity contribution in [2.24, 2.45) is 0 Å². The number of aliphatic carboxylic acids is 1. The zero-order valence-electron chi connectivity index (χ0n) is 28.0. The first-order chi connectivity index (χ1) is 22.5. The van der Waals surface area contributed by atoms with Crippen molar-refractivity contribution in [1.29, 1.82) is 0 Å². The maximum Gasteiger partial charge on any atom is 0.305 e. The number of anilines is 1. The zero-order valence-corrected chi connectivity index (χ0v) is 27.0. The third-order valence-corrected chi connectivity index (χ3v) is 9.45. The summed E-state index contributed by atoms with van der Waals surface area (Å²) in [6.45, 7) is 9.71. The van der Waals surface area contributed by atoms with Gasteiger partial charge in [0.05, 0.1) is 18.3 Å². The van der Waals surface area contributed by atoms with Crippen molar-refractivity contribution in [3.8, 4) is 0 Å². The fourth-order valence-electron chi connectivity index (χ4n) is 7.40. The standard InChI is InChI=1S/C41H40N2O3/c1-40(2)35(42(26-14-28-44)33-23-21-29-15-10-12-17-31(29)38(33)40)19-8-6-5-7-9-20-36-41(3,4)39-32-18-13-11-16-30(32)22-24-34(39)43(36)27-25-37(45)46/h5-13,15-24,28H,14,25-27H2,1-4H3/p+1/i28D. The molecule has 0 amide bonds. The highest BCUT2D eigenvalue weighted by Gasteiger charge is 2.45. The molecule has 2 heterocycles. The van der Waals surface area contributed by atoms with Crippen LogP contribution in [0.2, 0.25) is 0 Å². The van der Waals surface area contributed by atoms with Gasteiger partial charge in [0, 0.05) is 41.1 Å². The number of hydrogen-bond acceptors (Lipinski definition) is 3. The number of carboxylic acid groups (broad SMARTS) is 1. The molecule has 0 aromatic heterocycles. The molecule has 4 aromatic carbocycles. The molecule has 0 spiro atoms. The molecule has 5 heteroatoms. The minimum Gasteiger partial charge on any atom is -0.481 e. The van der Waals surface area contributed by atoms with Crippen molar-refractivity contribution in [3.63, 3.8) is 0 Å². The van der Waals surface area contributed by atoms with E-state index in [1.165, 1.54) is 32.7 Å². The Balaban J connectivity index is 1.28. The van der Waals surface area contributed by atoms with E-state index in [2.05, 4.69) is 110 Å². The number of carbonyl (C=O) groups is 2. The number of carbonyl (C=O) groups excluding carboxylic acids is 1. The lowest BCUT2D eigenvalue weighted by Crippen LogP contribution is -2.28. The highest BCUT2D eigenvalue weighted by Crippen LogP contribution is 2.51. The van der Waals surface area contributed by atoms with Gasteiger partial charge in [-0.05, 0) is 59.2 Å². The van der Waals surface area contributed by atoms with Crippen LogP contribution in [0.3, 0.4) is 0 Å². The molecule has 2 aliphatic rings. The van der Waals surface area contributed by atoms with Gasteiger partial charge in [-0.2, -0.15) is 4.58 Å². The summed E-state index contributed by atoms with van der Waals surface area (Å²) in [6, 6.07) is 25.2. The van der Waals surface area contributed by atoms with E-state index in [-0.39, 0.29) is 23.7 Å². The first-order valence-electron chi connectivity index (χ1n) is 16.4. The molecule has 46 heavy (non-hydrogen) atoms. The third kappa shape index (κ3) is 5.40. The average Bonchev–Trinajstić information content (AvgIpc) is 3.40. The van der Waals surface area contributed by atoms with E-state index in [9.17, 15) is 14.7 Å².